The quantitative estimate of drug-likeness (QED) is 0.332. The Morgan fingerprint density at radius 1 is 1.00 bits per heavy atom. The molecular formula is C30H27NO3. The number of aryl methyl sites for hydroxylation is 1. The standard InChI is InChI=1S/C30H27NO3/c1-20-16-17-21(19-26(20)30(32)33)18-24-14-8-9-15-25(24)29-31-27(22-10-4-2-5-11-22)28(34-29)23-12-6-3-7-13-23/h2-7,10-13,15-17,19,24H,8-9,14,18H2,1H3,(H,32,33). The Hall–Kier alpha value is -3.92. The summed E-state index contributed by atoms with van der Waals surface area (Å²) in [5.74, 6) is 0.777. The minimum absolute atomic E-state index is 0.226. The van der Waals surface area contributed by atoms with Crippen molar-refractivity contribution in [2.24, 2.45) is 5.92 Å². The van der Waals surface area contributed by atoms with E-state index >= 15 is 0 Å². The third-order valence-corrected chi connectivity index (χ3v) is 6.53. The van der Waals surface area contributed by atoms with Gasteiger partial charge in [-0.05, 0) is 55.7 Å². The molecule has 0 saturated heterocycles. The zero-order valence-electron chi connectivity index (χ0n) is 19.2. The first kappa shape index (κ1) is 21.9. The monoisotopic (exact) mass is 449 g/mol. The second-order valence-corrected chi connectivity index (χ2v) is 8.87. The topological polar surface area (TPSA) is 63.3 Å². The van der Waals surface area contributed by atoms with Crippen molar-refractivity contribution in [1.29, 1.82) is 0 Å². The number of allylic oxidation sites excluding steroid dienone is 2. The van der Waals surface area contributed by atoms with Gasteiger partial charge in [0.2, 0.25) is 5.89 Å². The van der Waals surface area contributed by atoms with Crippen molar-refractivity contribution in [2.75, 3.05) is 0 Å². The number of hydrogen-bond donors (Lipinski definition) is 1. The lowest BCUT2D eigenvalue weighted by molar-refractivity contribution is 0.0696. The molecule has 1 N–H and O–H groups in total. The molecule has 0 spiro atoms. The first-order chi connectivity index (χ1) is 16.6. The fraction of sp³-hybridized carbons (Fsp3) is 0.200. The molecule has 0 bridgehead atoms. The number of carboxylic acid groups (broad SMARTS) is 1. The Kier molecular flexibility index (Phi) is 6.13. The molecule has 5 rings (SSSR count). The fourth-order valence-electron chi connectivity index (χ4n) is 4.75. The van der Waals surface area contributed by atoms with Gasteiger partial charge in [0.05, 0.1) is 5.56 Å². The van der Waals surface area contributed by atoms with Crippen molar-refractivity contribution < 1.29 is 14.3 Å². The highest BCUT2D eigenvalue weighted by Gasteiger charge is 2.26. The van der Waals surface area contributed by atoms with Gasteiger partial charge in [0.15, 0.2) is 5.76 Å². The van der Waals surface area contributed by atoms with Gasteiger partial charge >= 0.3 is 5.97 Å². The number of nitrogens with zero attached hydrogens (tertiary/aromatic N) is 1. The summed E-state index contributed by atoms with van der Waals surface area (Å²) in [6.07, 6.45) is 6.12. The van der Waals surface area contributed by atoms with Gasteiger partial charge in [-0.15, -0.1) is 0 Å². The number of aromatic nitrogens is 1. The van der Waals surface area contributed by atoms with E-state index in [1.165, 1.54) is 0 Å². The van der Waals surface area contributed by atoms with Crippen molar-refractivity contribution in [3.05, 3.63) is 108 Å². The molecule has 0 aliphatic heterocycles. The summed E-state index contributed by atoms with van der Waals surface area (Å²) in [5.41, 5.74) is 6.15. The molecule has 1 unspecified atom stereocenters. The van der Waals surface area contributed by atoms with Crippen LogP contribution in [0.2, 0.25) is 0 Å². The van der Waals surface area contributed by atoms with Gasteiger partial charge in [-0.2, -0.15) is 0 Å². The number of rotatable bonds is 6. The van der Waals surface area contributed by atoms with E-state index in [4.69, 9.17) is 9.40 Å². The lowest BCUT2D eigenvalue weighted by Crippen LogP contribution is -2.12. The molecule has 1 aliphatic carbocycles. The molecule has 4 heteroatoms. The number of carbonyl (C=O) groups is 1. The van der Waals surface area contributed by atoms with Gasteiger partial charge in [-0.3, -0.25) is 0 Å². The molecule has 0 saturated carbocycles. The number of carboxylic acids is 1. The van der Waals surface area contributed by atoms with E-state index in [-0.39, 0.29) is 5.92 Å². The highest BCUT2D eigenvalue weighted by atomic mass is 16.4. The summed E-state index contributed by atoms with van der Waals surface area (Å²) >= 11 is 0. The van der Waals surface area contributed by atoms with Gasteiger partial charge in [-0.25, -0.2) is 9.78 Å². The minimum Gasteiger partial charge on any atom is -0.478 e. The fourth-order valence-corrected chi connectivity index (χ4v) is 4.75. The molecule has 1 aliphatic rings. The molecule has 1 atom stereocenters. The normalized spacial score (nSPS) is 15.7. The number of aromatic carboxylic acids is 1. The second kappa shape index (κ2) is 9.52. The van der Waals surface area contributed by atoms with Crippen LogP contribution in [0.5, 0.6) is 0 Å². The molecule has 1 heterocycles. The zero-order chi connectivity index (χ0) is 23.5. The highest BCUT2D eigenvalue weighted by molar-refractivity contribution is 5.89. The van der Waals surface area contributed by atoms with Gasteiger partial charge < -0.3 is 9.52 Å². The Labute approximate surface area is 199 Å². The molecule has 4 aromatic rings. The maximum Gasteiger partial charge on any atom is 0.335 e. The van der Waals surface area contributed by atoms with Crippen LogP contribution in [0.1, 0.15) is 46.6 Å². The molecule has 1 aromatic heterocycles. The predicted molar refractivity (Wildman–Crippen MR) is 135 cm³/mol. The average molecular weight is 450 g/mol. The van der Waals surface area contributed by atoms with Crippen LogP contribution >= 0.6 is 0 Å². The molecule has 3 aromatic carbocycles. The predicted octanol–water partition coefficient (Wildman–Crippen LogP) is 7.44. The van der Waals surface area contributed by atoms with Crippen molar-refractivity contribution in [1.82, 2.24) is 4.98 Å². The van der Waals surface area contributed by atoms with E-state index in [1.807, 2.05) is 73.7 Å². The summed E-state index contributed by atoms with van der Waals surface area (Å²) in [6, 6.07) is 26.0. The average Bonchev–Trinajstić information content (AvgIpc) is 3.32. The molecular weight excluding hydrogens is 422 g/mol. The van der Waals surface area contributed by atoms with E-state index in [1.54, 1.807) is 0 Å². The molecule has 0 fully saturated rings. The minimum atomic E-state index is -0.883. The number of oxazole rings is 1. The Morgan fingerprint density at radius 2 is 1.71 bits per heavy atom. The van der Waals surface area contributed by atoms with Crippen molar-refractivity contribution in [2.45, 2.75) is 32.6 Å². The van der Waals surface area contributed by atoms with E-state index in [0.29, 0.717) is 11.5 Å². The summed E-state index contributed by atoms with van der Waals surface area (Å²) in [6.45, 7) is 1.84. The van der Waals surface area contributed by atoms with Crippen LogP contribution in [-0.2, 0) is 6.42 Å². The highest BCUT2D eigenvalue weighted by Crippen LogP contribution is 2.40. The molecule has 34 heavy (non-hydrogen) atoms. The SMILES string of the molecule is Cc1ccc(CC2CCCC=C2c2nc(-c3ccccc3)c(-c3ccccc3)o2)cc1C(=O)O. The van der Waals surface area contributed by atoms with Gasteiger partial charge in [-0.1, -0.05) is 78.9 Å². The van der Waals surface area contributed by atoms with E-state index in [0.717, 1.165) is 65.0 Å². The third-order valence-electron chi connectivity index (χ3n) is 6.53. The van der Waals surface area contributed by atoms with E-state index in [2.05, 4.69) is 18.2 Å². The smallest absolute Gasteiger partial charge is 0.335 e. The second-order valence-electron chi connectivity index (χ2n) is 8.87. The van der Waals surface area contributed by atoms with Gasteiger partial charge in [0, 0.05) is 16.7 Å². The van der Waals surface area contributed by atoms with Crippen LogP contribution in [0, 0.1) is 12.8 Å². The maximum atomic E-state index is 11.6. The summed E-state index contributed by atoms with van der Waals surface area (Å²) < 4.78 is 6.47. The largest absolute Gasteiger partial charge is 0.478 e. The number of hydrogen-bond acceptors (Lipinski definition) is 3. The lowest BCUT2D eigenvalue weighted by atomic mass is 9.82. The lowest BCUT2D eigenvalue weighted by Gasteiger charge is -2.23. The van der Waals surface area contributed by atoms with Crippen LogP contribution in [0.25, 0.3) is 28.2 Å². The zero-order valence-corrected chi connectivity index (χ0v) is 19.2. The molecule has 0 amide bonds. The van der Waals surface area contributed by atoms with Crippen LogP contribution in [0.3, 0.4) is 0 Å². The Balaban J connectivity index is 1.53. The summed E-state index contributed by atoms with van der Waals surface area (Å²) in [5, 5.41) is 9.54. The Bertz CT molecular complexity index is 1280. The first-order valence-corrected chi connectivity index (χ1v) is 11.7. The van der Waals surface area contributed by atoms with Crippen molar-refractivity contribution in [3.63, 3.8) is 0 Å². The van der Waals surface area contributed by atoms with E-state index < -0.39 is 5.97 Å². The van der Waals surface area contributed by atoms with Crippen molar-refractivity contribution >= 4 is 11.5 Å². The van der Waals surface area contributed by atoms with E-state index in [9.17, 15) is 9.90 Å². The number of benzene rings is 3. The van der Waals surface area contributed by atoms with Crippen LogP contribution < -0.4 is 0 Å². The molecule has 0 radical (unpaired) electrons. The van der Waals surface area contributed by atoms with Gasteiger partial charge in [0.25, 0.3) is 0 Å². The van der Waals surface area contributed by atoms with Crippen LogP contribution in [-0.4, -0.2) is 16.1 Å². The van der Waals surface area contributed by atoms with Crippen LogP contribution in [0.15, 0.2) is 89.4 Å². The van der Waals surface area contributed by atoms with Crippen molar-refractivity contribution in [3.8, 4) is 22.6 Å². The summed E-state index contributed by atoms with van der Waals surface area (Å²) in [7, 11) is 0. The Morgan fingerprint density at radius 3 is 2.41 bits per heavy atom. The molecule has 170 valence electrons. The first-order valence-electron chi connectivity index (χ1n) is 11.7. The third kappa shape index (κ3) is 4.44. The molecule has 4 nitrogen and oxygen atoms in total. The maximum absolute atomic E-state index is 11.6. The van der Waals surface area contributed by atoms with Gasteiger partial charge in [0.1, 0.15) is 5.69 Å². The summed E-state index contributed by atoms with van der Waals surface area (Å²) in [4.78, 5) is 16.6. The van der Waals surface area contributed by atoms with Crippen LogP contribution in [0.4, 0.5) is 0 Å².